The fourth-order valence-electron chi connectivity index (χ4n) is 3.36. The zero-order chi connectivity index (χ0) is 19.2. The second kappa shape index (κ2) is 6.46. The van der Waals surface area contributed by atoms with E-state index in [9.17, 15) is 9.59 Å². The molecule has 2 heterocycles. The van der Waals surface area contributed by atoms with E-state index in [0.29, 0.717) is 5.92 Å². The molecule has 0 saturated carbocycles. The number of para-hydroxylation sites is 1. The third kappa shape index (κ3) is 3.00. The summed E-state index contributed by atoms with van der Waals surface area (Å²) in [5, 5.41) is 3.61. The number of benzene rings is 2. The van der Waals surface area contributed by atoms with Crippen LogP contribution in [0.3, 0.4) is 0 Å². The summed E-state index contributed by atoms with van der Waals surface area (Å²) in [6.45, 7) is 6.19. The van der Waals surface area contributed by atoms with Gasteiger partial charge in [0.1, 0.15) is 10.5 Å². The normalized spacial score (nSPS) is 19.9. The van der Waals surface area contributed by atoms with Gasteiger partial charge in [0, 0.05) is 0 Å². The Morgan fingerprint density at radius 2 is 1.81 bits per heavy atom. The average molecular weight is 379 g/mol. The van der Waals surface area contributed by atoms with Crippen molar-refractivity contribution in [2.24, 2.45) is 0 Å². The van der Waals surface area contributed by atoms with Crippen LogP contribution < -0.4 is 5.32 Å². The third-order valence-electron chi connectivity index (χ3n) is 5.06. The van der Waals surface area contributed by atoms with Crippen LogP contribution in [0.5, 0.6) is 0 Å². The molecule has 1 aromatic heterocycles. The molecule has 3 amide bonds. The molecule has 1 saturated heterocycles. The highest BCUT2D eigenvalue weighted by Crippen LogP contribution is 2.32. The number of fused-ring (bicyclic) bond motifs is 1. The van der Waals surface area contributed by atoms with Crippen molar-refractivity contribution in [1.82, 2.24) is 15.2 Å². The van der Waals surface area contributed by atoms with Crippen molar-refractivity contribution in [3.05, 3.63) is 64.7 Å². The lowest BCUT2D eigenvalue weighted by Gasteiger charge is -2.22. The topological polar surface area (TPSA) is 62.3 Å². The van der Waals surface area contributed by atoms with Crippen molar-refractivity contribution in [1.29, 1.82) is 0 Å². The van der Waals surface area contributed by atoms with Crippen molar-refractivity contribution in [3.63, 3.8) is 0 Å². The second-order valence-corrected chi connectivity index (χ2v) is 8.41. The van der Waals surface area contributed by atoms with Gasteiger partial charge in [0.25, 0.3) is 5.91 Å². The van der Waals surface area contributed by atoms with E-state index in [4.69, 9.17) is 0 Å². The molecule has 1 aliphatic rings. The Morgan fingerprint density at radius 1 is 1.11 bits per heavy atom. The number of nitrogens with one attached hydrogen (secondary N) is 1. The van der Waals surface area contributed by atoms with E-state index in [2.05, 4.69) is 24.1 Å². The van der Waals surface area contributed by atoms with E-state index in [1.807, 2.05) is 48.5 Å². The number of imide groups is 1. The van der Waals surface area contributed by atoms with Gasteiger partial charge in [-0.3, -0.25) is 9.69 Å². The molecule has 0 spiro atoms. The van der Waals surface area contributed by atoms with Gasteiger partial charge in [-0.2, -0.15) is 0 Å². The first-order valence-electron chi connectivity index (χ1n) is 8.97. The minimum Gasteiger partial charge on any atom is -0.319 e. The van der Waals surface area contributed by atoms with Crippen LogP contribution in [0.4, 0.5) is 4.79 Å². The standard InChI is InChI=1S/C21H21N3O2S/c1-13(2)14-8-10-15(11-9-14)21(3)19(25)24(20(26)23-21)12-18-22-16-6-4-5-7-17(16)27-18/h4-11,13H,12H2,1-3H3,(H,23,26)/t21-/m0/s1. The van der Waals surface area contributed by atoms with E-state index in [0.717, 1.165) is 20.8 Å². The highest BCUT2D eigenvalue weighted by atomic mass is 32.1. The minimum atomic E-state index is -1.05. The molecule has 5 nitrogen and oxygen atoms in total. The summed E-state index contributed by atoms with van der Waals surface area (Å²) in [5.41, 5.74) is 1.82. The van der Waals surface area contributed by atoms with Crippen molar-refractivity contribution in [2.45, 2.75) is 38.8 Å². The van der Waals surface area contributed by atoms with Gasteiger partial charge in [-0.15, -0.1) is 11.3 Å². The maximum Gasteiger partial charge on any atom is 0.325 e. The Morgan fingerprint density at radius 3 is 2.48 bits per heavy atom. The predicted octanol–water partition coefficient (Wildman–Crippen LogP) is 4.39. The molecule has 0 radical (unpaired) electrons. The fourth-order valence-corrected chi connectivity index (χ4v) is 4.32. The molecular formula is C21H21N3O2S. The number of nitrogens with zero attached hydrogens (tertiary/aromatic N) is 2. The number of aromatic nitrogens is 1. The summed E-state index contributed by atoms with van der Waals surface area (Å²) < 4.78 is 1.05. The lowest BCUT2D eigenvalue weighted by atomic mass is 9.90. The highest BCUT2D eigenvalue weighted by molar-refractivity contribution is 7.18. The number of hydrogen-bond acceptors (Lipinski definition) is 4. The van der Waals surface area contributed by atoms with Crippen LogP contribution in [0.25, 0.3) is 10.2 Å². The van der Waals surface area contributed by atoms with Gasteiger partial charge in [0.05, 0.1) is 16.8 Å². The Labute approximate surface area is 162 Å². The Bertz CT molecular complexity index is 992. The first kappa shape index (κ1) is 17.7. The van der Waals surface area contributed by atoms with E-state index in [1.54, 1.807) is 6.92 Å². The molecule has 138 valence electrons. The summed E-state index contributed by atoms with van der Waals surface area (Å²) in [6, 6.07) is 15.3. The number of rotatable bonds is 4. The summed E-state index contributed by atoms with van der Waals surface area (Å²) in [4.78, 5) is 31.4. The molecule has 27 heavy (non-hydrogen) atoms. The zero-order valence-electron chi connectivity index (χ0n) is 15.5. The molecular weight excluding hydrogens is 358 g/mol. The molecule has 1 aliphatic heterocycles. The molecule has 6 heteroatoms. The Hall–Kier alpha value is -2.73. The number of carbonyl (C=O) groups excluding carboxylic acids is 2. The first-order valence-corrected chi connectivity index (χ1v) is 9.79. The number of carbonyl (C=O) groups is 2. The quantitative estimate of drug-likeness (QED) is 0.684. The van der Waals surface area contributed by atoms with Crippen molar-refractivity contribution in [3.8, 4) is 0 Å². The van der Waals surface area contributed by atoms with Crippen LogP contribution in [0.1, 0.15) is 42.8 Å². The third-order valence-corrected chi connectivity index (χ3v) is 6.08. The highest BCUT2D eigenvalue weighted by Gasteiger charge is 2.49. The predicted molar refractivity (Wildman–Crippen MR) is 107 cm³/mol. The second-order valence-electron chi connectivity index (χ2n) is 7.30. The molecule has 0 aliphatic carbocycles. The van der Waals surface area contributed by atoms with Crippen LogP contribution in [0.2, 0.25) is 0 Å². The molecule has 1 fully saturated rings. The summed E-state index contributed by atoms with van der Waals surface area (Å²) in [6.07, 6.45) is 0. The summed E-state index contributed by atoms with van der Waals surface area (Å²) in [5.74, 6) is 0.167. The molecule has 0 unspecified atom stereocenters. The van der Waals surface area contributed by atoms with Crippen LogP contribution in [-0.2, 0) is 16.9 Å². The lowest BCUT2D eigenvalue weighted by Crippen LogP contribution is -2.40. The zero-order valence-corrected chi connectivity index (χ0v) is 16.3. The lowest BCUT2D eigenvalue weighted by molar-refractivity contribution is -0.131. The maximum absolute atomic E-state index is 13.1. The van der Waals surface area contributed by atoms with Crippen molar-refractivity contribution < 1.29 is 9.59 Å². The van der Waals surface area contributed by atoms with Crippen molar-refractivity contribution in [2.75, 3.05) is 0 Å². The van der Waals surface area contributed by atoms with Gasteiger partial charge >= 0.3 is 6.03 Å². The van der Waals surface area contributed by atoms with Gasteiger partial charge in [-0.1, -0.05) is 50.2 Å². The first-order chi connectivity index (χ1) is 12.9. The van der Waals surface area contributed by atoms with Crippen molar-refractivity contribution >= 4 is 33.5 Å². The number of amides is 3. The van der Waals surface area contributed by atoms with Gasteiger partial charge in [0.15, 0.2) is 0 Å². The van der Waals surface area contributed by atoms with Gasteiger partial charge in [-0.25, -0.2) is 9.78 Å². The van der Waals surface area contributed by atoms with E-state index < -0.39 is 5.54 Å². The Balaban J connectivity index is 1.60. The summed E-state index contributed by atoms with van der Waals surface area (Å²) >= 11 is 1.50. The molecule has 1 atom stereocenters. The fraction of sp³-hybridized carbons (Fsp3) is 0.286. The molecule has 2 aromatic carbocycles. The van der Waals surface area contributed by atoms with Crippen LogP contribution in [-0.4, -0.2) is 21.8 Å². The van der Waals surface area contributed by atoms with Gasteiger partial charge in [-0.05, 0) is 36.1 Å². The monoisotopic (exact) mass is 379 g/mol. The van der Waals surface area contributed by atoms with Gasteiger partial charge < -0.3 is 5.32 Å². The van der Waals surface area contributed by atoms with E-state index in [-0.39, 0.29) is 18.5 Å². The average Bonchev–Trinajstić information content (AvgIpc) is 3.16. The number of hydrogen-bond donors (Lipinski definition) is 1. The van der Waals surface area contributed by atoms with E-state index in [1.165, 1.54) is 21.8 Å². The largest absolute Gasteiger partial charge is 0.325 e. The van der Waals surface area contributed by atoms with Crippen LogP contribution in [0, 0.1) is 0 Å². The SMILES string of the molecule is CC(C)c1ccc([C@]2(C)NC(=O)N(Cc3nc4ccccc4s3)C2=O)cc1. The van der Waals surface area contributed by atoms with Gasteiger partial charge in [0.2, 0.25) is 0 Å². The van der Waals surface area contributed by atoms with Crippen LogP contribution in [0.15, 0.2) is 48.5 Å². The number of thiazole rings is 1. The Kier molecular flexibility index (Phi) is 4.23. The van der Waals surface area contributed by atoms with E-state index >= 15 is 0 Å². The minimum absolute atomic E-state index is 0.184. The summed E-state index contributed by atoms with van der Waals surface area (Å²) in [7, 11) is 0. The van der Waals surface area contributed by atoms with Crippen LogP contribution >= 0.6 is 11.3 Å². The number of urea groups is 1. The molecule has 4 rings (SSSR count). The maximum atomic E-state index is 13.1. The smallest absolute Gasteiger partial charge is 0.319 e. The molecule has 3 aromatic rings. The molecule has 0 bridgehead atoms. The molecule has 1 N–H and O–H groups in total.